The van der Waals surface area contributed by atoms with Crippen LogP contribution >= 0.6 is 0 Å². The van der Waals surface area contributed by atoms with Crippen LogP contribution in [0.4, 0.5) is 21.6 Å². The van der Waals surface area contributed by atoms with Crippen LogP contribution in [0.15, 0.2) is 60.8 Å². The van der Waals surface area contributed by atoms with Gasteiger partial charge in [0.2, 0.25) is 0 Å². The highest BCUT2D eigenvalue weighted by Crippen LogP contribution is 2.22. The average Bonchev–Trinajstić information content (AvgIpc) is 2.69. The molecule has 0 bridgehead atoms. The predicted octanol–water partition coefficient (Wildman–Crippen LogP) is 3.86. The molecule has 1 aliphatic rings. The maximum Gasteiger partial charge on any atom is 0.257 e. The molecule has 136 valence electrons. The van der Waals surface area contributed by atoms with Crippen molar-refractivity contribution in [2.45, 2.75) is 13.0 Å². The van der Waals surface area contributed by atoms with Crippen molar-refractivity contribution in [3.05, 3.63) is 83.3 Å². The van der Waals surface area contributed by atoms with Gasteiger partial charge in [0.25, 0.3) is 5.91 Å². The molecule has 0 spiro atoms. The number of halogens is 1. The maximum atomic E-state index is 13.9. The van der Waals surface area contributed by atoms with Crippen LogP contribution in [0.3, 0.4) is 0 Å². The molecule has 0 fully saturated rings. The lowest BCUT2D eigenvalue weighted by Crippen LogP contribution is -2.27. The van der Waals surface area contributed by atoms with Gasteiger partial charge in [-0.3, -0.25) is 4.79 Å². The summed E-state index contributed by atoms with van der Waals surface area (Å²) in [5.74, 6) is -0.331. The largest absolute Gasteiger partial charge is 0.354 e. The van der Waals surface area contributed by atoms with E-state index in [1.165, 1.54) is 12.1 Å². The van der Waals surface area contributed by atoms with Crippen LogP contribution in [0.5, 0.6) is 0 Å². The fraction of sp³-hybridized carbons (Fsp3) is 0.143. The van der Waals surface area contributed by atoms with Gasteiger partial charge < -0.3 is 16.0 Å². The lowest BCUT2D eigenvalue weighted by atomic mass is 9.95. The maximum absolute atomic E-state index is 13.9. The molecule has 0 aliphatic carbocycles. The fourth-order valence-electron chi connectivity index (χ4n) is 3.18. The van der Waals surface area contributed by atoms with Gasteiger partial charge in [-0.15, -0.1) is 0 Å². The minimum atomic E-state index is -0.392. The van der Waals surface area contributed by atoms with Crippen LogP contribution in [-0.2, 0) is 13.0 Å². The van der Waals surface area contributed by atoms with Gasteiger partial charge in [-0.2, -0.15) is 0 Å². The number of benzene rings is 2. The Hall–Kier alpha value is -3.25. The van der Waals surface area contributed by atoms with Crippen LogP contribution in [0.25, 0.3) is 0 Å². The highest BCUT2D eigenvalue weighted by atomic mass is 19.1. The molecule has 0 atom stereocenters. The van der Waals surface area contributed by atoms with Crippen LogP contribution in [-0.4, -0.2) is 17.4 Å². The summed E-state index contributed by atoms with van der Waals surface area (Å²) >= 11 is 0. The highest BCUT2D eigenvalue weighted by molar-refractivity contribution is 6.05. The lowest BCUT2D eigenvalue weighted by molar-refractivity contribution is 0.102. The van der Waals surface area contributed by atoms with Crippen molar-refractivity contribution < 1.29 is 9.18 Å². The molecule has 0 saturated carbocycles. The number of hydrogen-bond donors (Lipinski definition) is 3. The number of anilines is 3. The summed E-state index contributed by atoms with van der Waals surface area (Å²) in [7, 11) is 0. The van der Waals surface area contributed by atoms with E-state index >= 15 is 0 Å². The van der Waals surface area contributed by atoms with Gasteiger partial charge in [-0.25, -0.2) is 9.37 Å². The number of rotatable bonds is 4. The van der Waals surface area contributed by atoms with Crippen molar-refractivity contribution in [2.24, 2.45) is 0 Å². The van der Waals surface area contributed by atoms with E-state index in [1.807, 2.05) is 36.4 Å². The molecule has 0 saturated heterocycles. The molecule has 2 heterocycles. The standard InChI is InChI=1S/C21H19FN4O/c22-15-10-14-8-9-23-13-19(14)18(11-15)21(27)26-20-7-6-17(12-24-20)25-16-4-2-1-3-5-16/h1-7,10-12,23,25H,8-9,13H2,(H,24,26,27). The molecule has 1 aliphatic heterocycles. The van der Waals surface area contributed by atoms with Crippen molar-refractivity contribution in [1.82, 2.24) is 10.3 Å². The summed E-state index contributed by atoms with van der Waals surface area (Å²) in [5, 5.41) is 9.21. The van der Waals surface area contributed by atoms with Crippen molar-refractivity contribution in [2.75, 3.05) is 17.2 Å². The summed E-state index contributed by atoms with van der Waals surface area (Å²) in [6.45, 7) is 1.35. The third kappa shape index (κ3) is 3.96. The Labute approximate surface area is 156 Å². The molecule has 0 unspecified atom stereocenters. The Balaban J connectivity index is 1.49. The van der Waals surface area contributed by atoms with Gasteiger partial charge in [-0.05, 0) is 60.5 Å². The predicted molar refractivity (Wildman–Crippen MR) is 104 cm³/mol. The van der Waals surface area contributed by atoms with E-state index in [2.05, 4.69) is 20.9 Å². The summed E-state index contributed by atoms with van der Waals surface area (Å²) in [6.07, 6.45) is 2.36. The second-order valence-corrected chi connectivity index (χ2v) is 6.40. The second kappa shape index (κ2) is 7.55. The van der Waals surface area contributed by atoms with Crippen LogP contribution in [0, 0.1) is 5.82 Å². The zero-order chi connectivity index (χ0) is 18.6. The molecular formula is C21H19FN4O. The Bertz CT molecular complexity index is 958. The number of hydrogen-bond acceptors (Lipinski definition) is 4. The van der Waals surface area contributed by atoms with E-state index in [9.17, 15) is 9.18 Å². The highest BCUT2D eigenvalue weighted by Gasteiger charge is 2.19. The Morgan fingerprint density at radius 2 is 1.93 bits per heavy atom. The van der Waals surface area contributed by atoms with Crippen molar-refractivity contribution in [3.8, 4) is 0 Å². The van der Waals surface area contributed by atoms with Crippen LogP contribution in [0.1, 0.15) is 21.5 Å². The van der Waals surface area contributed by atoms with Gasteiger partial charge in [-0.1, -0.05) is 18.2 Å². The normalized spacial score (nSPS) is 12.9. The number of carbonyl (C=O) groups excluding carboxylic acids is 1. The minimum Gasteiger partial charge on any atom is -0.354 e. The number of aromatic nitrogens is 1. The van der Waals surface area contributed by atoms with Crippen LogP contribution in [0.2, 0.25) is 0 Å². The van der Waals surface area contributed by atoms with E-state index in [0.29, 0.717) is 24.3 Å². The first kappa shape index (κ1) is 17.2. The van der Waals surface area contributed by atoms with Crippen LogP contribution < -0.4 is 16.0 Å². The van der Waals surface area contributed by atoms with E-state index in [4.69, 9.17) is 0 Å². The monoisotopic (exact) mass is 362 g/mol. The van der Waals surface area contributed by atoms with E-state index < -0.39 is 5.82 Å². The summed E-state index contributed by atoms with van der Waals surface area (Å²) in [6, 6.07) is 16.1. The lowest BCUT2D eigenvalue weighted by Gasteiger charge is -2.20. The quantitative estimate of drug-likeness (QED) is 0.659. The Morgan fingerprint density at radius 3 is 2.70 bits per heavy atom. The third-order valence-electron chi connectivity index (χ3n) is 4.49. The van der Waals surface area contributed by atoms with Gasteiger partial charge >= 0.3 is 0 Å². The second-order valence-electron chi connectivity index (χ2n) is 6.40. The summed E-state index contributed by atoms with van der Waals surface area (Å²) in [5.41, 5.74) is 3.85. The molecular weight excluding hydrogens is 343 g/mol. The number of amides is 1. The molecule has 1 amide bonds. The smallest absolute Gasteiger partial charge is 0.257 e. The number of nitrogens with zero attached hydrogens (tertiary/aromatic N) is 1. The SMILES string of the molecule is O=C(Nc1ccc(Nc2ccccc2)cn1)c1cc(F)cc2c1CNCC2. The van der Waals surface area contributed by atoms with Crippen molar-refractivity contribution >= 4 is 23.1 Å². The Kier molecular flexibility index (Phi) is 4.80. The van der Waals surface area contributed by atoms with E-state index in [-0.39, 0.29) is 5.91 Å². The van der Waals surface area contributed by atoms with Gasteiger partial charge in [0.05, 0.1) is 11.9 Å². The Morgan fingerprint density at radius 1 is 1.07 bits per heavy atom. The molecule has 0 radical (unpaired) electrons. The van der Waals surface area contributed by atoms with Gasteiger partial charge in [0.15, 0.2) is 0 Å². The molecule has 2 aromatic carbocycles. The topological polar surface area (TPSA) is 66.0 Å². The fourth-order valence-corrected chi connectivity index (χ4v) is 3.18. The molecule has 3 aromatic rings. The molecule has 4 rings (SSSR count). The molecule has 3 N–H and O–H groups in total. The van der Waals surface area contributed by atoms with Gasteiger partial charge in [0.1, 0.15) is 11.6 Å². The number of fused-ring (bicyclic) bond motifs is 1. The number of pyridine rings is 1. The third-order valence-corrected chi connectivity index (χ3v) is 4.49. The number of carbonyl (C=O) groups is 1. The molecule has 27 heavy (non-hydrogen) atoms. The zero-order valence-corrected chi connectivity index (χ0v) is 14.6. The van der Waals surface area contributed by atoms with Crippen molar-refractivity contribution in [1.29, 1.82) is 0 Å². The average molecular weight is 362 g/mol. The van der Waals surface area contributed by atoms with Crippen molar-refractivity contribution in [3.63, 3.8) is 0 Å². The summed E-state index contributed by atoms with van der Waals surface area (Å²) in [4.78, 5) is 16.9. The minimum absolute atomic E-state index is 0.352. The van der Waals surface area contributed by atoms with Gasteiger partial charge in [0, 0.05) is 17.8 Å². The summed E-state index contributed by atoms with van der Waals surface area (Å²) < 4.78 is 13.9. The first-order valence-electron chi connectivity index (χ1n) is 8.80. The van der Waals surface area contributed by atoms with E-state index in [1.54, 1.807) is 12.3 Å². The molecule has 6 heteroatoms. The first-order chi connectivity index (χ1) is 13.2. The molecule has 5 nitrogen and oxygen atoms in total. The van der Waals surface area contributed by atoms with E-state index in [0.717, 1.165) is 29.0 Å². The number of nitrogens with one attached hydrogen (secondary N) is 3. The first-order valence-corrected chi connectivity index (χ1v) is 8.80. The number of para-hydroxylation sites is 1. The zero-order valence-electron chi connectivity index (χ0n) is 14.6. The molecule has 1 aromatic heterocycles.